The number of hydrogen-bond acceptors (Lipinski definition) is 1. The monoisotopic (exact) mass is 158 g/mol. The molecule has 0 fully saturated rings. The van der Waals surface area contributed by atoms with E-state index in [1.165, 1.54) is 32.1 Å². The summed E-state index contributed by atoms with van der Waals surface area (Å²) in [6.07, 6.45) is 6.63. The number of ether oxygens (including phenoxy) is 1. The Labute approximate surface area is 71.1 Å². The maximum absolute atomic E-state index is 5.15. The quantitative estimate of drug-likeness (QED) is 0.552. The Balaban J connectivity index is 3.34. The number of methoxy groups -OCH3 is 1. The van der Waals surface area contributed by atoms with Crippen molar-refractivity contribution < 1.29 is 4.74 Å². The van der Waals surface area contributed by atoms with Crippen LogP contribution in [-0.2, 0) is 4.74 Å². The molecule has 0 amide bonds. The van der Waals surface area contributed by atoms with E-state index in [0.29, 0.717) is 0 Å². The van der Waals surface area contributed by atoms with Gasteiger partial charge in [0.05, 0.1) is 0 Å². The molecular formula is C10H22O. The molecule has 1 nitrogen and oxygen atoms in total. The second-order valence-electron chi connectivity index (χ2n) is 3.25. The molecule has 11 heavy (non-hydrogen) atoms. The van der Waals surface area contributed by atoms with E-state index in [1.807, 2.05) is 0 Å². The summed E-state index contributed by atoms with van der Waals surface area (Å²) in [5, 5.41) is 0. The predicted octanol–water partition coefficient (Wildman–Crippen LogP) is 3.24. The van der Waals surface area contributed by atoms with Crippen molar-refractivity contribution in [1.82, 2.24) is 0 Å². The molecule has 0 aromatic heterocycles. The summed E-state index contributed by atoms with van der Waals surface area (Å²) in [4.78, 5) is 0. The molecule has 0 aliphatic heterocycles. The molecule has 0 aromatic carbocycles. The molecule has 1 heteroatoms. The summed E-state index contributed by atoms with van der Waals surface area (Å²) in [6, 6.07) is 0. The first-order valence-electron chi connectivity index (χ1n) is 4.84. The van der Waals surface area contributed by atoms with Crippen LogP contribution in [0.25, 0.3) is 0 Å². The number of hydrogen-bond donors (Lipinski definition) is 0. The van der Waals surface area contributed by atoms with Gasteiger partial charge in [-0.15, -0.1) is 0 Å². The van der Waals surface area contributed by atoms with Crippen LogP contribution in [0.2, 0.25) is 0 Å². The zero-order valence-corrected chi connectivity index (χ0v) is 8.23. The molecule has 0 bridgehead atoms. The highest BCUT2D eigenvalue weighted by molar-refractivity contribution is 4.56. The predicted molar refractivity (Wildman–Crippen MR) is 49.8 cm³/mol. The van der Waals surface area contributed by atoms with Crippen LogP contribution < -0.4 is 0 Å². The Hall–Kier alpha value is -0.0400. The summed E-state index contributed by atoms with van der Waals surface area (Å²) in [5.74, 6) is 0.810. The Kier molecular flexibility index (Phi) is 8.03. The minimum Gasteiger partial charge on any atom is -0.384 e. The lowest BCUT2D eigenvalue weighted by Crippen LogP contribution is -2.07. The fourth-order valence-corrected chi connectivity index (χ4v) is 1.45. The first-order chi connectivity index (χ1) is 5.35. The summed E-state index contributed by atoms with van der Waals surface area (Å²) in [6.45, 7) is 5.44. The van der Waals surface area contributed by atoms with Crippen LogP contribution in [0, 0.1) is 5.92 Å². The van der Waals surface area contributed by atoms with Gasteiger partial charge in [-0.25, -0.2) is 0 Å². The minimum absolute atomic E-state index is 0.810. The van der Waals surface area contributed by atoms with E-state index < -0.39 is 0 Å². The molecule has 1 atom stereocenters. The Morgan fingerprint density at radius 3 is 2.27 bits per heavy atom. The van der Waals surface area contributed by atoms with Crippen molar-refractivity contribution in [3.05, 3.63) is 0 Å². The Morgan fingerprint density at radius 1 is 1.09 bits per heavy atom. The maximum Gasteiger partial charge on any atom is 0.0490 e. The average molecular weight is 158 g/mol. The molecule has 0 saturated heterocycles. The van der Waals surface area contributed by atoms with Crippen LogP contribution in [-0.4, -0.2) is 13.7 Å². The molecule has 0 N–H and O–H groups in total. The molecule has 0 aromatic rings. The lowest BCUT2D eigenvalue weighted by Gasteiger charge is -2.13. The van der Waals surface area contributed by atoms with Crippen LogP contribution in [0.3, 0.4) is 0 Å². The topological polar surface area (TPSA) is 9.23 Å². The lowest BCUT2D eigenvalue weighted by molar-refractivity contribution is 0.141. The molecule has 0 saturated carbocycles. The standard InChI is InChI=1S/C10H22O/c1-4-6-8-10(7-5-2)9-11-3/h10H,4-9H2,1-3H3/t10-/m0/s1. The Morgan fingerprint density at radius 2 is 1.82 bits per heavy atom. The van der Waals surface area contributed by atoms with Crippen molar-refractivity contribution in [2.24, 2.45) is 5.92 Å². The van der Waals surface area contributed by atoms with Crippen LogP contribution in [0.5, 0.6) is 0 Å². The largest absolute Gasteiger partial charge is 0.384 e. The molecule has 0 radical (unpaired) electrons. The van der Waals surface area contributed by atoms with Crippen molar-refractivity contribution >= 4 is 0 Å². The third kappa shape index (κ3) is 6.36. The van der Waals surface area contributed by atoms with Gasteiger partial charge in [-0.05, 0) is 18.8 Å². The highest BCUT2D eigenvalue weighted by Gasteiger charge is 2.05. The number of unbranched alkanes of at least 4 members (excludes halogenated alkanes) is 1. The van der Waals surface area contributed by atoms with E-state index in [1.54, 1.807) is 7.11 Å². The first-order valence-corrected chi connectivity index (χ1v) is 4.84. The van der Waals surface area contributed by atoms with Crippen LogP contribution in [0.1, 0.15) is 46.0 Å². The highest BCUT2D eigenvalue weighted by atomic mass is 16.5. The van der Waals surface area contributed by atoms with Crippen LogP contribution in [0.4, 0.5) is 0 Å². The SMILES string of the molecule is CCCC[C@H](CCC)COC. The second-order valence-corrected chi connectivity index (χ2v) is 3.25. The van der Waals surface area contributed by atoms with E-state index in [0.717, 1.165) is 12.5 Å². The molecule has 68 valence electrons. The highest BCUT2D eigenvalue weighted by Crippen LogP contribution is 2.14. The third-order valence-corrected chi connectivity index (χ3v) is 2.07. The van der Waals surface area contributed by atoms with Crippen LogP contribution in [0.15, 0.2) is 0 Å². The van der Waals surface area contributed by atoms with Gasteiger partial charge < -0.3 is 4.74 Å². The Bertz CT molecular complexity index is 65.3. The summed E-state index contributed by atoms with van der Waals surface area (Å²) < 4.78 is 5.15. The molecule has 0 aliphatic rings. The lowest BCUT2D eigenvalue weighted by atomic mass is 9.98. The van der Waals surface area contributed by atoms with Crippen molar-refractivity contribution in [2.75, 3.05) is 13.7 Å². The van der Waals surface area contributed by atoms with Gasteiger partial charge in [0.15, 0.2) is 0 Å². The number of rotatable bonds is 7. The van der Waals surface area contributed by atoms with E-state index in [9.17, 15) is 0 Å². The fraction of sp³-hybridized carbons (Fsp3) is 1.00. The van der Waals surface area contributed by atoms with E-state index in [-0.39, 0.29) is 0 Å². The van der Waals surface area contributed by atoms with Gasteiger partial charge in [-0.2, -0.15) is 0 Å². The summed E-state index contributed by atoms with van der Waals surface area (Å²) in [5.41, 5.74) is 0. The van der Waals surface area contributed by atoms with Gasteiger partial charge in [-0.1, -0.05) is 33.1 Å². The smallest absolute Gasteiger partial charge is 0.0490 e. The maximum atomic E-state index is 5.15. The normalized spacial score (nSPS) is 13.4. The fourth-order valence-electron chi connectivity index (χ4n) is 1.45. The van der Waals surface area contributed by atoms with E-state index in [2.05, 4.69) is 13.8 Å². The van der Waals surface area contributed by atoms with Gasteiger partial charge in [0, 0.05) is 13.7 Å². The summed E-state index contributed by atoms with van der Waals surface area (Å²) in [7, 11) is 1.80. The van der Waals surface area contributed by atoms with Gasteiger partial charge >= 0.3 is 0 Å². The summed E-state index contributed by atoms with van der Waals surface area (Å²) >= 11 is 0. The van der Waals surface area contributed by atoms with Crippen molar-refractivity contribution in [3.8, 4) is 0 Å². The van der Waals surface area contributed by atoms with Crippen molar-refractivity contribution in [3.63, 3.8) is 0 Å². The average Bonchev–Trinajstić information content (AvgIpc) is 2.01. The zero-order valence-electron chi connectivity index (χ0n) is 8.23. The van der Waals surface area contributed by atoms with Gasteiger partial charge in [-0.3, -0.25) is 0 Å². The molecule has 0 heterocycles. The van der Waals surface area contributed by atoms with E-state index in [4.69, 9.17) is 4.74 Å². The molecular weight excluding hydrogens is 136 g/mol. The zero-order chi connectivity index (χ0) is 8.53. The molecule has 0 rings (SSSR count). The van der Waals surface area contributed by atoms with Gasteiger partial charge in [0.25, 0.3) is 0 Å². The molecule has 0 aliphatic carbocycles. The van der Waals surface area contributed by atoms with Gasteiger partial charge in [0.1, 0.15) is 0 Å². The van der Waals surface area contributed by atoms with Crippen molar-refractivity contribution in [2.45, 2.75) is 46.0 Å². The minimum atomic E-state index is 0.810. The molecule has 0 unspecified atom stereocenters. The van der Waals surface area contributed by atoms with Crippen molar-refractivity contribution in [1.29, 1.82) is 0 Å². The second kappa shape index (κ2) is 8.06. The van der Waals surface area contributed by atoms with Crippen LogP contribution >= 0.6 is 0 Å². The first kappa shape index (κ1) is 11.0. The van der Waals surface area contributed by atoms with E-state index >= 15 is 0 Å². The molecule has 0 spiro atoms. The third-order valence-electron chi connectivity index (χ3n) is 2.07. The van der Waals surface area contributed by atoms with Gasteiger partial charge in [0.2, 0.25) is 0 Å².